The van der Waals surface area contributed by atoms with Gasteiger partial charge in [-0.2, -0.15) is 0 Å². The Morgan fingerprint density at radius 1 is 0.333 bits per heavy atom. The van der Waals surface area contributed by atoms with Crippen molar-refractivity contribution in [2.24, 2.45) is 0 Å². The van der Waals surface area contributed by atoms with Gasteiger partial charge in [-0.1, -0.05) is 138 Å². The summed E-state index contributed by atoms with van der Waals surface area (Å²) in [5.41, 5.74) is 18.7. The van der Waals surface area contributed by atoms with Crippen molar-refractivity contribution >= 4 is 43.6 Å². The zero-order valence-corrected chi connectivity index (χ0v) is 34.1. The fourth-order valence-corrected chi connectivity index (χ4v) is 9.18. The molecule has 4 heteroatoms. The Hall–Kier alpha value is -7.56. The van der Waals surface area contributed by atoms with Crippen LogP contribution in [0.4, 0.5) is 0 Å². The number of hydrogen-bond acceptors (Lipinski definition) is 2. The number of rotatable bonds is 6. The maximum absolute atomic E-state index is 5.44. The number of hydrogen-bond donors (Lipinski definition) is 0. The maximum Gasteiger partial charge on any atom is 0.161 e. The molecule has 0 aliphatic carbocycles. The van der Waals surface area contributed by atoms with E-state index in [0.717, 1.165) is 61.6 Å². The molecular weight excluding hydrogens is 729 g/mol. The van der Waals surface area contributed by atoms with Crippen LogP contribution in [-0.2, 0) is 0 Å². The number of benzene rings is 8. The maximum atomic E-state index is 5.44. The molecule has 3 heterocycles. The molecule has 4 nitrogen and oxygen atoms in total. The highest BCUT2D eigenvalue weighted by Gasteiger charge is 2.25. The lowest BCUT2D eigenvalue weighted by Gasteiger charge is -2.21. The topological polar surface area (TPSA) is 35.6 Å². The van der Waals surface area contributed by atoms with Crippen molar-refractivity contribution in [3.8, 4) is 56.4 Å². The number of nitrogens with zero attached hydrogens (tertiary/aromatic N) is 4. The summed E-state index contributed by atoms with van der Waals surface area (Å²) < 4.78 is 4.91. The van der Waals surface area contributed by atoms with Gasteiger partial charge in [-0.3, -0.25) is 0 Å². The second kappa shape index (κ2) is 14.1. The Bertz CT molecular complexity index is 3290. The van der Waals surface area contributed by atoms with Crippen molar-refractivity contribution < 1.29 is 0 Å². The molecule has 0 radical (unpaired) electrons. The Kier molecular flexibility index (Phi) is 8.35. The standard InChI is InChI=1S/C56H42N4/c1-35-22-26-50-43(30-35)44-31-36(2)23-27-51(44)59(50)49-20-12-11-18-41(49)55-42(56-57-47(39-14-7-5-8-15-39)34-48(58-56)40-16-9-6-10-17-40)19-13-21-54(55)60-52-28-24-37(3)32-45(52)46-33-38(4)25-29-53(46)60/h5-34H,1-4H3. The first-order valence-electron chi connectivity index (χ1n) is 20.7. The monoisotopic (exact) mass is 770 g/mol. The lowest BCUT2D eigenvalue weighted by Crippen LogP contribution is -2.04. The van der Waals surface area contributed by atoms with Gasteiger partial charge in [-0.15, -0.1) is 0 Å². The fourth-order valence-electron chi connectivity index (χ4n) is 9.18. The molecule has 11 rings (SSSR count). The molecule has 0 unspecified atom stereocenters. The van der Waals surface area contributed by atoms with Crippen LogP contribution in [0, 0.1) is 27.7 Å². The van der Waals surface area contributed by atoms with Crippen LogP contribution in [0.3, 0.4) is 0 Å². The molecule has 3 aromatic heterocycles. The first kappa shape index (κ1) is 35.6. The average molecular weight is 771 g/mol. The van der Waals surface area contributed by atoms with Gasteiger partial charge in [0.15, 0.2) is 5.82 Å². The third-order valence-electron chi connectivity index (χ3n) is 12.0. The van der Waals surface area contributed by atoms with Gasteiger partial charge in [0, 0.05) is 49.4 Å². The van der Waals surface area contributed by atoms with E-state index in [-0.39, 0.29) is 0 Å². The summed E-state index contributed by atoms with van der Waals surface area (Å²) in [7, 11) is 0. The van der Waals surface area contributed by atoms with E-state index in [9.17, 15) is 0 Å². The molecule has 0 saturated heterocycles. The summed E-state index contributed by atoms with van der Waals surface area (Å²) in [6, 6.07) is 65.8. The summed E-state index contributed by atoms with van der Waals surface area (Å²) in [5, 5.41) is 4.97. The van der Waals surface area contributed by atoms with E-state index in [1.54, 1.807) is 0 Å². The van der Waals surface area contributed by atoms with E-state index in [4.69, 9.17) is 9.97 Å². The molecule has 8 aromatic carbocycles. The third-order valence-corrected chi connectivity index (χ3v) is 12.0. The second-order valence-corrected chi connectivity index (χ2v) is 16.2. The Labute approximate surface area is 349 Å². The fraction of sp³-hybridized carbons (Fsp3) is 0.0714. The van der Waals surface area contributed by atoms with Crippen LogP contribution in [0.15, 0.2) is 182 Å². The summed E-state index contributed by atoms with van der Waals surface area (Å²) >= 11 is 0. The molecule has 0 N–H and O–H groups in total. The molecule has 0 atom stereocenters. The summed E-state index contributed by atoms with van der Waals surface area (Å²) in [4.78, 5) is 10.9. The number of aryl methyl sites for hydroxylation is 4. The van der Waals surface area contributed by atoms with Crippen molar-refractivity contribution in [3.05, 3.63) is 204 Å². The van der Waals surface area contributed by atoms with Crippen LogP contribution >= 0.6 is 0 Å². The van der Waals surface area contributed by atoms with Crippen molar-refractivity contribution in [3.63, 3.8) is 0 Å². The lowest BCUT2D eigenvalue weighted by atomic mass is 9.94. The molecule has 0 spiro atoms. The minimum Gasteiger partial charge on any atom is -0.309 e. The van der Waals surface area contributed by atoms with Crippen molar-refractivity contribution in [1.29, 1.82) is 0 Å². The summed E-state index contributed by atoms with van der Waals surface area (Å²) in [6.45, 7) is 8.71. The van der Waals surface area contributed by atoms with Gasteiger partial charge in [0.2, 0.25) is 0 Å². The first-order valence-corrected chi connectivity index (χ1v) is 20.7. The van der Waals surface area contributed by atoms with Crippen LogP contribution in [0.5, 0.6) is 0 Å². The van der Waals surface area contributed by atoms with Crippen molar-refractivity contribution in [1.82, 2.24) is 19.1 Å². The van der Waals surface area contributed by atoms with E-state index < -0.39 is 0 Å². The summed E-state index contributed by atoms with van der Waals surface area (Å²) in [6.07, 6.45) is 0. The predicted octanol–water partition coefficient (Wildman–Crippen LogP) is 14.6. The predicted molar refractivity (Wildman–Crippen MR) is 251 cm³/mol. The van der Waals surface area contributed by atoms with Gasteiger partial charge in [-0.25, -0.2) is 9.97 Å². The molecule has 11 aromatic rings. The highest BCUT2D eigenvalue weighted by molar-refractivity contribution is 6.12. The minimum absolute atomic E-state index is 0.669. The third kappa shape index (κ3) is 5.83. The number of aromatic nitrogens is 4. The lowest BCUT2D eigenvalue weighted by molar-refractivity contribution is 1.15. The SMILES string of the molecule is Cc1ccc2c(c1)c1cc(C)ccc1n2-c1ccccc1-c1c(-c2nc(-c3ccccc3)cc(-c3ccccc3)n2)cccc1-n1c2ccc(C)cc2c2cc(C)ccc21. The number of para-hydroxylation sites is 1. The minimum atomic E-state index is 0.669. The second-order valence-electron chi connectivity index (χ2n) is 16.2. The number of fused-ring (bicyclic) bond motifs is 6. The van der Waals surface area contributed by atoms with Gasteiger partial charge < -0.3 is 9.13 Å². The molecule has 0 aliphatic rings. The van der Waals surface area contributed by atoms with E-state index in [2.05, 4.69) is 207 Å². The van der Waals surface area contributed by atoms with E-state index >= 15 is 0 Å². The van der Waals surface area contributed by atoms with Crippen molar-refractivity contribution in [2.75, 3.05) is 0 Å². The molecular formula is C56H42N4. The zero-order chi connectivity index (χ0) is 40.5. The van der Waals surface area contributed by atoms with Gasteiger partial charge in [0.25, 0.3) is 0 Å². The Morgan fingerprint density at radius 2 is 0.717 bits per heavy atom. The molecule has 0 fully saturated rings. The highest BCUT2D eigenvalue weighted by Crippen LogP contribution is 2.45. The normalized spacial score (nSPS) is 11.7. The van der Waals surface area contributed by atoms with Gasteiger partial charge in [0.1, 0.15) is 0 Å². The van der Waals surface area contributed by atoms with Gasteiger partial charge in [0.05, 0.1) is 44.8 Å². The quantitative estimate of drug-likeness (QED) is 0.169. The Balaban J connectivity index is 1.29. The first-order chi connectivity index (χ1) is 29.4. The van der Waals surface area contributed by atoms with Crippen molar-refractivity contribution in [2.45, 2.75) is 27.7 Å². The van der Waals surface area contributed by atoms with E-state index in [1.807, 2.05) is 12.1 Å². The average Bonchev–Trinajstić information content (AvgIpc) is 3.77. The van der Waals surface area contributed by atoms with Crippen LogP contribution < -0.4 is 0 Å². The largest absolute Gasteiger partial charge is 0.309 e. The molecule has 0 aliphatic heterocycles. The summed E-state index contributed by atoms with van der Waals surface area (Å²) in [5.74, 6) is 0.669. The van der Waals surface area contributed by atoms with Crippen LogP contribution in [0.1, 0.15) is 22.3 Å². The van der Waals surface area contributed by atoms with Crippen LogP contribution in [0.25, 0.3) is 100 Å². The molecule has 286 valence electrons. The van der Waals surface area contributed by atoms with E-state index in [1.165, 1.54) is 54.8 Å². The Morgan fingerprint density at radius 3 is 1.18 bits per heavy atom. The molecule has 0 bridgehead atoms. The van der Waals surface area contributed by atoms with Crippen LogP contribution in [0.2, 0.25) is 0 Å². The van der Waals surface area contributed by atoms with Crippen LogP contribution in [-0.4, -0.2) is 19.1 Å². The van der Waals surface area contributed by atoms with Gasteiger partial charge >= 0.3 is 0 Å². The molecule has 0 saturated carbocycles. The molecule has 60 heavy (non-hydrogen) atoms. The smallest absolute Gasteiger partial charge is 0.161 e. The zero-order valence-electron chi connectivity index (χ0n) is 34.1. The molecule has 0 amide bonds. The van der Waals surface area contributed by atoms with Gasteiger partial charge in [-0.05, 0) is 94.4 Å². The van der Waals surface area contributed by atoms with E-state index in [0.29, 0.717) is 5.82 Å². The highest BCUT2D eigenvalue weighted by atomic mass is 15.0.